The van der Waals surface area contributed by atoms with Crippen molar-refractivity contribution >= 4 is 39.7 Å². The topological polar surface area (TPSA) is 28.7 Å². The molecule has 0 saturated carbocycles. The Kier molecular flexibility index (Phi) is 3.61. The van der Waals surface area contributed by atoms with E-state index in [1.165, 1.54) is 0 Å². The molecule has 0 aliphatic heterocycles. The summed E-state index contributed by atoms with van der Waals surface area (Å²) in [7, 11) is 0. The van der Waals surface area contributed by atoms with Crippen molar-refractivity contribution in [3.05, 3.63) is 44.0 Å². The zero-order valence-electron chi connectivity index (χ0n) is 8.72. The van der Waals surface area contributed by atoms with Gasteiger partial charge in [0, 0.05) is 15.7 Å². The van der Waals surface area contributed by atoms with Crippen molar-refractivity contribution in [3.8, 4) is 11.3 Å². The zero-order valence-corrected chi connectivity index (χ0v) is 11.9. The second-order valence-corrected chi connectivity index (χ2v) is 5.10. The molecule has 2 rings (SSSR count). The lowest BCUT2D eigenvalue weighted by Crippen LogP contribution is -1.93. The van der Waals surface area contributed by atoms with Crippen LogP contribution in [0.25, 0.3) is 11.3 Å². The number of rotatable bonds is 1. The number of aromatic amines is 1. The number of benzene rings is 1. The first-order valence-corrected chi connectivity index (χ1v) is 6.29. The summed E-state index contributed by atoms with van der Waals surface area (Å²) >= 11 is 13.9. The first-order valence-electron chi connectivity index (χ1n) is 4.71. The molecule has 2 aromatic rings. The van der Waals surface area contributed by atoms with E-state index in [0.717, 1.165) is 5.69 Å². The number of halogens is 3. The molecular formula is C11H7BrClFN2S. The van der Waals surface area contributed by atoms with Crippen molar-refractivity contribution in [2.24, 2.45) is 0 Å². The number of aryl methyl sites for hydroxylation is 1. The molecule has 0 atom stereocenters. The van der Waals surface area contributed by atoms with Crippen molar-refractivity contribution in [2.75, 3.05) is 0 Å². The fourth-order valence-corrected chi connectivity index (χ4v) is 2.17. The van der Waals surface area contributed by atoms with Gasteiger partial charge in [0.15, 0.2) is 10.6 Å². The standard InChI is InChI=1S/C11H7BrClFN2S/c1-5-4-8(16-11(17)15-5)6-2-3-7(12)9(13)10(6)14/h2-4H,1H3,(H,15,16,17). The van der Waals surface area contributed by atoms with Crippen LogP contribution in [-0.4, -0.2) is 9.97 Å². The first kappa shape index (κ1) is 12.7. The molecule has 0 radical (unpaired) electrons. The largest absolute Gasteiger partial charge is 0.335 e. The summed E-state index contributed by atoms with van der Waals surface area (Å²) in [6.45, 7) is 1.83. The normalized spacial score (nSPS) is 10.6. The maximum atomic E-state index is 14.0. The molecule has 6 heteroatoms. The fraction of sp³-hybridized carbons (Fsp3) is 0.0909. The molecule has 0 bridgehead atoms. The van der Waals surface area contributed by atoms with Gasteiger partial charge >= 0.3 is 0 Å². The summed E-state index contributed by atoms with van der Waals surface area (Å²) < 4.78 is 14.8. The van der Waals surface area contributed by atoms with Gasteiger partial charge in [-0.15, -0.1) is 0 Å². The highest BCUT2D eigenvalue weighted by Gasteiger charge is 2.13. The van der Waals surface area contributed by atoms with Crippen molar-refractivity contribution in [2.45, 2.75) is 6.92 Å². The molecule has 17 heavy (non-hydrogen) atoms. The van der Waals surface area contributed by atoms with Crippen LogP contribution in [0.3, 0.4) is 0 Å². The quantitative estimate of drug-likeness (QED) is 0.607. The fourth-order valence-electron chi connectivity index (χ4n) is 1.44. The SMILES string of the molecule is Cc1cc(-c2ccc(Br)c(Cl)c2F)nc(=S)[nH]1. The lowest BCUT2D eigenvalue weighted by molar-refractivity contribution is 0.630. The maximum absolute atomic E-state index is 14.0. The predicted octanol–water partition coefficient (Wildman–Crippen LogP) is 4.67. The molecule has 0 amide bonds. The van der Waals surface area contributed by atoms with Gasteiger partial charge in [0.05, 0.1) is 10.7 Å². The molecule has 1 aromatic carbocycles. The van der Waals surface area contributed by atoms with Crippen LogP contribution in [0, 0.1) is 17.5 Å². The van der Waals surface area contributed by atoms with Gasteiger partial charge in [-0.25, -0.2) is 9.37 Å². The highest BCUT2D eigenvalue weighted by molar-refractivity contribution is 9.10. The lowest BCUT2D eigenvalue weighted by Gasteiger charge is -2.06. The molecule has 0 aliphatic rings. The van der Waals surface area contributed by atoms with E-state index < -0.39 is 5.82 Å². The molecule has 0 spiro atoms. The Balaban J connectivity index is 2.69. The molecule has 0 fully saturated rings. The molecule has 0 aliphatic carbocycles. The van der Waals surface area contributed by atoms with E-state index in [0.29, 0.717) is 20.5 Å². The molecule has 1 heterocycles. The van der Waals surface area contributed by atoms with Crippen LogP contribution in [-0.2, 0) is 0 Å². The van der Waals surface area contributed by atoms with Gasteiger partial charge in [-0.1, -0.05) is 11.6 Å². The highest BCUT2D eigenvalue weighted by Crippen LogP contribution is 2.32. The van der Waals surface area contributed by atoms with Gasteiger partial charge in [-0.05, 0) is 53.3 Å². The minimum absolute atomic E-state index is 0.0423. The van der Waals surface area contributed by atoms with Crippen LogP contribution in [0.15, 0.2) is 22.7 Å². The molecule has 1 aromatic heterocycles. The Morgan fingerprint density at radius 1 is 1.47 bits per heavy atom. The monoisotopic (exact) mass is 332 g/mol. The number of nitrogens with one attached hydrogen (secondary N) is 1. The average molecular weight is 334 g/mol. The van der Waals surface area contributed by atoms with Gasteiger partial charge in [-0.2, -0.15) is 0 Å². The van der Waals surface area contributed by atoms with Crippen molar-refractivity contribution in [3.63, 3.8) is 0 Å². The minimum atomic E-state index is -0.506. The van der Waals surface area contributed by atoms with Crippen molar-refractivity contribution in [1.82, 2.24) is 9.97 Å². The third-order valence-electron chi connectivity index (χ3n) is 2.19. The Bertz CT molecular complexity index is 642. The molecule has 0 unspecified atom stereocenters. The van der Waals surface area contributed by atoms with E-state index in [9.17, 15) is 4.39 Å². The zero-order chi connectivity index (χ0) is 12.6. The molecular weight excluding hydrogens is 327 g/mol. The summed E-state index contributed by atoms with van der Waals surface area (Å²) in [6, 6.07) is 5.01. The summed E-state index contributed by atoms with van der Waals surface area (Å²) in [4.78, 5) is 6.95. The van der Waals surface area contributed by atoms with Crippen molar-refractivity contribution in [1.29, 1.82) is 0 Å². The summed E-state index contributed by atoms with van der Waals surface area (Å²) in [5, 5.41) is 0.0423. The van der Waals surface area contributed by atoms with Crippen LogP contribution in [0.1, 0.15) is 5.69 Å². The van der Waals surface area contributed by atoms with Crippen LogP contribution >= 0.6 is 39.7 Å². The van der Waals surface area contributed by atoms with Crippen LogP contribution < -0.4 is 0 Å². The predicted molar refractivity (Wildman–Crippen MR) is 72.3 cm³/mol. The Morgan fingerprint density at radius 2 is 2.18 bits per heavy atom. The third kappa shape index (κ3) is 2.56. The second kappa shape index (κ2) is 4.84. The number of H-pyrrole nitrogens is 1. The van der Waals surface area contributed by atoms with Gasteiger partial charge in [0.2, 0.25) is 0 Å². The third-order valence-corrected chi connectivity index (χ3v) is 3.64. The van der Waals surface area contributed by atoms with E-state index in [4.69, 9.17) is 23.8 Å². The summed E-state index contributed by atoms with van der Waals surface area (Å²) in [5.74, 6) is -0.506. The molecule has 0 saturated heterocycles. The number of aromatic nitrogens is 2. The number of hydrogen-bond acceptors (Lipinski definition) is 2. The van der Waals surface area contributed by atoms with Crippen LogP contribution in [0.4, 0.5) is 4.39 Å². The van der Waals surface area contributed by atoms with Gasteiger partial charge in [-0.3, -0.25) is 0 Å². The van der Waals surface area contributed by atoms with Gasteiger partial charge in [0.1, 0.15) is 0 Å². The first-order chi connectivity index (χ1) is 7.99. The lowest BCUT2D eigenvalue weighted by atomic mass is 10.1. The van der Waals surface area contributed by atoms with Crippen LogP contribution in [0.2, 0.25) is 5.02 Å². The smallest absolute Gasteiger partial charge is 0.197 e. The Labute approximate surface area is 116 Å². The maximum Gasteiger partial charge on any atom is 0.197 e. The van der Waals surface area contributed by atoms with E-state index >= 15 is 0 Å². The number of hydrogen-bond donors (Lipinski definition) is 1. The molecule has 2 nitrogen and oxygen atoms in total. The second-order valence-electron chi connectivity index (χ2n) is 3.48. The van der Waals surface area contributed by atoms with E-state index in [1.54, 1.807) is 18.2 Å². The highest BCUT2D eigenvalue weighted by atomic mass is 79.9. The molecule has 1 N–H and O–H groups in total. The van der Waals surface area contributed by atoms with Gasteiger partial charge < -0.3 is 4.98 Å². The Morgan fingerprint density at radius 3 is 2.82 bits per heavy atom. The van der Waals surface area contributed by atoms with E-state index in [1.807, 2.05) is 6.92 Å². The van der Waals surface area contributed by atoms with E-state index in [-0.39, 0.29) is 5.02 Å². The average Bonchev–Trinajstić information content (AvgIpc) is 2.24. The summed E-state index contributed by atoms with van der Waals surface area (Å²) in [6.07, 6.45) is 0. The molecule has 88 valence electrons. The number of nitrogens with zero attached hydrogens (tertiary/aromatic N) is 1. The Hall–Kier alpha value is -0.780. The summed E-state index contributed by atoms with van der Waals surface area (Å²) in [5.41, 5.74) is 1.62. The van der Waals surface area contributed by atoms with E-state index in [2.05, 4.69) is 25.9 Å². The van der Waals surface area contributed by atoms with Crippen LogP contribution in [0.5, 0.6) is 0 Å². The van der Waals surface area contributed by atoms with Gasteiger partial charge in [0.25, 0.3) is 0 Å². The van der Waals surface area contributed by atoms with Crippen molar-refractivity contribution < 1.29 is 4.39 Å². The minimum Gasteiger partial charge on any atom is -0.335 e.